The smallest absolute Gasteiger partial charge is 0.173 e. The average molecular weight is 264 g/mol. The largest absolute Gasteiger partial charge is 0.288 e. The summed E-state index contributed by atoms with van der Waals surface area (Å²) in [5.41, 5.74) is 3.72. The van der Waals surface area contributed by atoms with E-state index in [1.54, 1.807) is 11.8 Å². The molecular weight excluding hydrogens is 252 g/mol. The highest BCUT2D eigenvalue weighted by Crippen LogP contribution is 2.45. The van der Waals surface area contributed by atoms with Crippen molar-refractivity contribution in [3.8, 4) is 0 Å². The zero-order valence-electron chi connectivity index (χ0n) is 10.3. The van der Waals surface area contributed by atoms with Crippen LogP contribution >= 0.6 is 11.8 Å². The van der Waals surface area contributed by atoms with Crippen LogP contribution in [0.5, 0.6) is 0 Å². The lowest BCUT2D eigenvalue weighted by molar-refractivity contribution is 1.17. The number of para-hydroxylation sites is 1. The molecule has 0 fully saturated rings. The Morgan fingerprint density at radius 3 is 2.63 bits per heavy atom. The highest BCUT2D eigenvalue weighted by molar-refractivity contribution is 8.14. The molecule has 92 valence electrons. The number of rotatable bonds is 1. The van der Waals surface area contributed by atoms with E-state index >= 15 is 0 Å². The SMILES string of the molecule is C1=C(c2ccccc2)N2C(=NC1)Sc1ccccc12. The van der Waals surface area contributed by atoms with Crippen molar-refractivity contribution in [1.82, 2.24) is 0 Å². The van der Waals surface area contributed by atoms with Gasteiger partial charge in [-0.25, -0.2) is 0 Å². The first-order valence-electron chi connectivity index (χ1n) is 6.30. The molecule has 0 N–H and O–H groups in total. The third kappa shape index (κ3) is 1.70. The van der Waals surface area contributed by atoms with Crippen molar-refractivity contribution in [2.45, 2.75) is 4.90 Å². The lowest BCUT2D eigenvalue weighted by atomic mass is 10.1. The Morgan fingerprint density at radius 1 is 0.947 bits per heavy atom. The van der Waals surface area contributed by atoms with E-state index < -0.39 is 0 Å². The molecule has 0 atom stereocenters. The van der Waals surface area contributed by atoms with Gasteiger partial charge in [-0.2, -0.15) is 0 Å². The molecule has 2 aliphatic rings. The van der Waals surface area contributed by atoms with E-state index in [9.17, 15) is 0 Å². The quantitative estimate of drug-likeness (QED) is 0.773. The number of fused-ring (bicyclic) bond motifs is 3. The molecule has 0 radical (unpaired) electrons. The van der Waals surface area contributed by atoms with Crippen molar-refractivity contribution in [2.24, 2.45) is 4.99 Å². The van der Waals surface area contributed by atoms with Crippen LogP contribution in [0.1, 0.15) is 5.56 Å². The lowest BCUT2D eigenvalue weighted by Gasteiger charge is -2.25. The molecule has 0 saturated heterocycles. The summed E-state index contributed by atoms with van der Waals surface area (Å²) in [6.45, 7) is 0.761. The van der Waals surface area contributed by atoms with Crippen molar-refractivity contribution in [2.75, 3.05) is 11.4 Å². The molecule has 0 unspecified atom stereocenters. The van der Waals surface area contributed by atoms with Crippen LogP contribution < -0.4 is 4.90 Å². The Hall–Kier alpha value is -2.00. The van der Waals surface area contributed by atoms with E-state index in [-0.39, 0.29) is 0 Å². The van der Waals surface area contributed by atoms with Crippen LogP contribution in [0.15, 0.2) is 70.6 Å². The molecule has 0 bridgehead atoms. The lowest BCUT2D eigenvalue weighted by Crippen LogP contribution is -2.26. The van der Waals surface area contributed by atoms with Gasteiger partial charge in [0.25, 0.3) is 0 Å². The monoisotopic (exact) mass is 264 g/mol. The van der Waals surface area contributed by atoms with Crippen molar-refractivity contribution in [3.63, 3.8) is 0 Å². The summed E-state index contributed by atoms with van der Waals surface area (Å²) in [7, 11) is 0. The third-order valence-electron chi connectivity index (χ3n) is 3.32. The summed E-state index contributed by atoms with van der Waals surface area (Å²) >= 11 is 1.75. The number of benzene rings is 2. The molecule has 3 heteroatoms. The maximum atomic E-state index is 4.61. The highest BCUT2D eigenvalue weighted by Gasteiger charge is 2.30. The maximum Gasteiger partial charge on any atom is 0.173 e. The van der Waals surface area contributed by atoms with Gasteiger partial charge in [0, 0.05) is 4.90 Å². The molecule has 19 heavy (non-hydrogen) atoms. The molecule has 0 aliphatic carbocycles. The first-order chi connectivity index (χ1) is 9.43. The van der Waals surface area contributed by atoms with E-state index in [4.69, 9.17) is 0 Å². The zero-order chi connectivity index (χ0) is 12.7. The Kier molecular flexibility index (Phi) is 2.45. The summed E-state index contributed by atoms with van der Waals surface area (Å²) in [4.78, 5) is 8.16. The van der Waals surface area contributed by atoms with Crippen LogP contribution in [-0.4, -0.2) is 11.7 Å². The fourth-order valence-corrected chi connectivity index (χ4v) is 3.50. The van der Waals surface area contributed by atoms with Gasteiger partial charge in [0.2, 0.25) is 0 Å². The second-order valence-corrected chi connectivity index (χ2v) is 5.49. The van der Waals surface area contributed by atoms with Gasteiger partial charge >= 0.3 is 0 Å². The molecular formula is C16H12N2S. The van der Waals surface area contributed by atoms with E-state index in [1.165, 1.54) is 21.8 Å². The highest BCUT2D eigenvalue weighted by atomic mass is 32.2. The predicted molar refractivity (Wildman–Crippen MR) is 81.5 cm³/mol. The average Bonchev–Trinajstić information content (AvgIpc) is 2.86. The topological polar surface area (TPSA) is 15.6 Å². The Morgan fingerprint density at radius 2 is 1.74 bits per heavy atom. The van der Waals surface area contributed by atoms with Crippen molar-refractivity contribution >= 4 is 28.3 Å². The molecule has 0 spiro atoms. The summed E-state index contributed by atoms with van der Waals surface area (Å²) in [5.74, 6) is 0. The molecule has 0 amide bonds. The molecule has 0 saturated carbocycles. The Labute approximate surface area is 116 Å². The minimum atomic E-state index is 0.761. The van der Waals surface area contributed by atoms with Gasteiger partial charge in [0.05, 0.1) is 17.9 Å². The van der Waals surface area contributed by atoms with Crippen molar-refractivity contribution in [1.29, 1.82) is 0 Å². The maximum absolute atomic E-state index is 4.61. The Bertz CT molecular complexity index is 689. The number of thioether (sulfide) groups is 1. The number of anilines is 1. The molecule has 4 rings (SSSR count). The molecule has 2 heterocycles. The van der Waals surface area contributed by atoms with Gasteiger partial charge in [-0.3, -0.25) is 9.89 Å². The second kappa shape index (κ2) is 4.28. The summed E-state index contributed by atoms with van der Waals surface area (Å²) in [5, 5.41) is 1.09. The van der Waals surface area contributed by atoms with Gasteiger partial charge in [-0.15, -0.1) is 0 Å². The van der Waals surface area contributed by atoms with Gasteiger partial charge in [-0.05, 0) is 35.5 Å². The van der Waals surface area contributed by atoms with Gasteiger partial charge in [-0.1, -0.05) is 42.5 Å². The van der Waals surface area contributed by atoms with Crippen molar-refractivity contribution in [3.05, 3.63) is 66.2 Å². The third-order valence-corrected chi connectivity index (χ3v) is 4.38. The molecule has 0 aromatic heterocycles. The van der Waals surface area contributed by atoms with E-state index in [0.717, 1.165) is 11.7 Å². The molecule has 2 nitrogen and oxygen atoms in total. The van der Waals surface area contributed by atoms with E-state index in [2.05, 4.69) is 70.6 Å². The fourth-order valence-electron chi connectivity index (χ4n) is 2.47. The predicted octanol–water partition coefficient (Wildman–Crippen LogP) is 4.01. The fraction of sp³-hybridized carbons (Fsp3) is 0.0625. The van der Waals surface area contributed by atoms with Crippen LogP contribution in [0, 0.1) is 0 Å². The molecule has 2 aliphatic heterocycles. The van der Waals surface area contributed by atoms with Crippen molar-refractivity contribution < 1.29 is 0 Å². The number of aliphatic imine (C=N–C) groups is 1. The van der Waals surface area contributed by atoms with E-state index in [1.807, 2.05) is 0 Å². The first kappa shape index (κ1) is 10.9. The number of hydrogen-bond donors (Lipinski definition) is 0. The van der Waals surface area contributed by atoms with Crippen LogP contribution in [0.25, 0.3) is 5.70 Å². The second-order valence-electron chi connectivity index (χ2n) is 4.48. The van der Waals surface area contributed by atoms with Crippen LogP contribution in [-0.2, 0) is 0 Å². The number of amidine groups is 1. The molecule has 2 aromatic rings. The minimum Gasteiger partial charge on any atom is -0.288 e. The van der Waals surface area contributed by atoms with E-state index in [0.29, 0.717) is 0 Å². The van der Waals surface area contributed by atoms with Gasteiger partial charge in [0.15, 0.2) is 5.17 Å². The first-order valence-corrected chi connectivity index (χ1v) is 7.12. The normalized spacial score (nSPS) is 16.5. The standard InChI is InChI=1S/C16H12N2S/c1-2-6-12(7-3-1)13-10-11-17-16-18(13)14-8-4-5-9-15(14)19-16/h1-10H,11H2. The summed E-state index contributed by atoms with van der Waals surface area (Å²) in [6, 6.07) is 19.0. The summed E-state index contributed by atoms with van der Waals surface area (Å²) < 4.78 is 0. The number of nitrogens with zero attached hydrogens (tertiary/aromatic N) is 2. The van der Waals surface area contributed by atoms with Crippen LogP contribution in [0.2, 0.25) is 0 Å². The van der Waals surface area contributed by atoms with Gasteiger partial charge < -0.3 is 0 Å². The summed E-state index contributed by atoms with van der Waals surface area (Å²) in [6.07, 6.45) is 2.20. The molecule has 2 aromatic carbocycles. The van der Waals surface area contributed by atoms with Gasteiger partial charge in [0.1, 0.15) is 0 Å². The number of hydrogen-bond acceptors (Lipinski definition) is 3. The minimum absolute atomic E-state index is 0.761. The van der Waals surface area contributed by atoms with Crippen LogP contribution in [0.4, 0.5) is 5.69 Å². The zero-order valence-corrected chi connectivity index (χ0v) is 11.1. The Balaban J connectivity index is 1.85. The van der Waals surface area contributed by atoms with Crippen LogP contribution in [0.3, 0.4) is 0 Å².